The van der Waals surface area contributed by atoms with Gasteiger partial charge in [0, 0.05) is 17.7 Å². The summed E-state index contributed by atoms with van der Waals surface area (Å²) in [5.41, 5.74) is 2.25. The first-order valence-electron chi connectivity index (χ1n) is 8.94. The van der Waals surface area contributed by atoms with Gasteiger partial charge in [-0.05, 0) is 44.2 Å². The third-order valence-electron chi connectivity index (χ3n) is 4.23. The molecule has 1 aliphatic rings. The Hall–Kier alpha value is -4.15. The molecule has 0 aromatic heterocycles. The zero-order valence-electron chi connectivity index (χ0n) is 16.1. The molecule has 1 atom stereocenters. The van der Waals surface area contributed by atoms with Crippen molar-refractivity contribution < 1.29 is 24.1 Å². The Labute approximate surface area is 170 Å². The average molecular weight is 414 g/mol. The van der Waals surface area contributed by atoms with Crippen molar-refractivity contribution in [3.05, 3.63) is 74.3 Å². The van der Waals surface area contributed by atoms with Gasteiger partial charge in [-0.1, -0.05) is 0 Å². The second-order valence-corrected chi connectivity index (χ2v) is 6.22. The number of amides is 1. The predicted molar refractivity (Wildman–Crippen MR) is 106 cm³/mol. The van der Waals surface area contributed by atoms with E-state index in [2.05, 4.69) is 5.43 Å². The number of rotatable bonds is 7. The summed E-state index contributed by atoms with van der Waals surface area (Å²) in [6, 6.07) is 10.1. The molecule has 0 bridgehead atoms. The van der Waals surface area contributed by atoms with E-state index in [1.165, 1.54) is 12.1 Å². The normalized spacial score (nSPS) is 15.8. The second kappa shape index (κ2) is 8.47. The van der Waals surface area contributed by atoms with Crippen LogP contribution in [0.15, 0.2) is 48.5 Å². The van der Waals surface area contributed by atoms with Gasteiger partial charge in [-0.3, -0.25) is 30.4 Å². The molecular formula is C19H18N4O7. The standard InChI is InChI=1S/C19H18N4O7/c1-3-29-15-7-4-13(5-8-15)18-11-19(24)21(12(2)30-18)20-16-9-6-14(22(25)26)10-17(16)23(27)28/h4-12,20H,3H2,1-2H3/t12-/m0/s1. The third-order valence-corrected chi connectivity index (χ3v) is 4.23. The molecule has 0 fully saturated rings. The number of carbonyl (C=O) groups excluding carboxylic acids is 1. The SMILES string of the molecule is CCOc1ccc(C2=CC(=O)N(Nc3ccc([N+](=O)[O-])cc3[N+](=O)[O-])[C@H](C)O2)cc1. The fourth-order valence-electron chi connectivity index (χ4n) is 2.82. The zero-order chi connectivity index (χ0) is 21.8. The molecule has 30 heavy (non-hydrogen) atoms. The van der Waals surface area contributed by atoms with Crippen molar-refractivity contribution in [2.75, 3.05) is 12.0 Å². The highest BCUT2D eigenvalue weighted by atomic mass is 16.6. The van der Waals surface area contributed by atoms with Crippen LogP contribution in [-0.4, -0.2) is 33.6 Å². The summed E-state index contributed by atoms with van der Waals surface area (Å²) in [4.78, 5) is 33.3. The van der Waals surface area contributed by atoms with Gasteiger partial charge in [-0.15, -0.1) is 0 Å². The number of nitro benzene ring substituents is 2. The highest BCUT2D eigenvalue weighted by molar-refractivity contribution is 5.96. The van der Waals surface area contributed by atoms with Crippen molar-refractivity contribution >= 4 is 28.7 Å². The van der Waals surface area contributed by atoms with Gasteiger partial charge in [0.1, 0.15) is 17.2 Å². The van der Waals surface area contributed by atoms with Crippen LogP contribution in [0.2, 0.25) is 0 Å². The summed E-state index contributed by atoms with van der Waals surface area (Å²) >= 11 is 0. The van der Waals surface area contributed by atoms with Crippen molar-refractivity contribution in [1.29, 1.82) is 0 Å². The lowest BCUT2D eigenvalue weighted by atomic mass is 10.1. The molecule has 0 unspecified atom stereocenters. The van der Waals surface area contributed by atoms with Crippen LogP contribution in [0.25, 0.3) is 5.76 Å². The highest BCUT2D eigenvalue weighted by Crippen LogP contribution is 2.31. The van der Waals surface area contributed by atoms with E-state index in [1.807, 2.05) is 6.92 Å². The Kier molecular flexibility index (Phi) is 5.81. The lowest BCUT2D eigenvalue weighted by Crippen LogP contribution is -2.46. The Morgan fingerprint density at radius 1 is 1.13 bits per heavy atom. The minimum absolute atomic E-state index is 0.0766. The molecule has 1 N–H and O–H groups in total. The number of nitrogens with zero attached hydrogens (tertiary/aromatic N) is 3. The number of hydrogen-bond acceptors (Lipinski definition) is 8. The number of non-ortho nitro benzene ring substituents is 1. The quantitative estimate of drug-likeness (QED) is 0.537. The Morgan fingerprint density at radius 2 is 1.83 bits per heavy atom. The number of hydrazine groups is 1. The first-order chi connectivity index (χ1) is 14.3. The summed E-state index contributed by atoms with van der Waals surface area (Å²) in [7, 11) is 0. The van der Waals surface area contributed by atoms with Crippen molar-refractivity contribution in [3.63, 3.8) is 0 Å². The minimum atomic E-state index is -0.807. The van der Waals surface area contributed by atoms with Gasteiger partial charge >= 0.3 is 5.69 Å². The number of ether oxygens (including phenoxy) is 2. The number of nitrogens with one attached hydrogen (secondary N) is 1. The van der Waals surface area contributed by atoms with Gasteiger partial charge in [-0.25, -0.2) is 5.01 Å². The molecule has 0 radical (unpaired) electrons. The number of nitro groups is 2. The minimum Gasteiger partial charge on any atom is -0.494 e. The molecule has 11 heteroatoms. The topological polar surface area (TPSA) is 137 Å². The van der Waals surface area contributed by atoms with Crippen LogP contribution in [0.5, 0.6) is 5.75 Å². The molecular weight excluding hydrogens is 396 g/mol. The molecule has 0 aliphatic carbocycles. The fraction of sp³-hybridized carbons (Fsp3) is 0.211. The fourth-order valence-corrected chi connectivity index (χ4v) is 2.82. The number of carbonyl (C=O) groups is 1. The van der Waals surface area contributed by atoms with Gasteiger partial charge in [0.05, 0.1) is 22.5 Å². The molecule has 11 nitrogen and oxygen atoms in total. The lowest BCUT2D eigenvalue weighted by Gasteiger charge is -2.33. The van der Waals surface area contributed by atoms with Crippen LogP contribution in [0.3, 0.4) is 0 Å². The summed E-state index contributed by atoms with van der Waals surface area (Å²) in [6.07, 6.45) is 0.443. The Bertz CT molecular complexity index is 1020. The van der Waals surface area contributed by atoms with Crippen LogP contribution in [0.1, 0.15) is 19.4 Å². The van der Waals surface area contributed by atoms with Gasteiger partial charge in [0.25, 0.3) is 11.6 Å². The molecule has 0 saturated carbocycles. The van der Waals surface area contributed by atoms with Crippen molar-refractivity contribution in [3.8, 4) is 5.75 Å². The number of benzene rings is 2. The maximum absolute atomic E-state index is 12.6. The van der Waals surface area contributed by atoms with E-state index in [9.17, 15) is 25.0 Å². The third kappa shape index (κ3) is 4.29. The average Bonchev–Trinajstić information content (AvgIpc) is 2.71. The summed E-state index contributed by atoms with van der Waals surface area (Å²) in [5.74, 6) is 0.530. The lowest BCUT2D eigenvalue weighted by molar-refractivity contribution is -0.393. The molecule has 0 spiro atoms. The van der Waals surface area contributed by atoms with E-state index in [-0.39, 0.29) is 5.69 Å². The van der Waals surface area contributed by atoms with Crippen molar-refractivity contribution in [1.82, 2.24) is 5.01 Å². The van der Waals surface area contributed by atoms with Crippen LogP contribution in [0, 0.1) is 20.2 Å². The van der Waals surface area contributed by atoms with Crippen LogP contribution >= 0.6 is 0 Å². The first kappa shape index (κ1) is 20.6. The van der Waals surface area contributed by atoms with Gasteiger partial charge in [0.15, 0.2) is 6.23 Å². The molecule has 2 aromatic carbocycles. The molecule has 3 rings (SSSR count). The Balaban J connectivity index is 1.83. The maximum Gasteiger partial charge on any atom is 0.300 e. The van der Waals surface area contributed by atoms with E-state index in [4.69, 9.17) is 9.47 Å². The second-order valence-electron chi connectivity index (χ2n) is 6.22. The van der Waals surface area contributed by atoms with Gasteiger partial charge in [0.2, 0.25) is 0 Å². The molecule has 2 aromatic rings. The summed E-state index contributed by atoms with van der Waals surface area (Å²) < 4.78 is 11.2. The van der Waals surface area contributed by atoms with Crippen molar-refractivity contribution in [2.24, 2.45) is 0 Å². The van der Waals surface area contributed by atoms with Gasteiger partial charge in [-0.2, -0.15) is 0 Å². The van der Waals surface area contributed by atoms with Gasteiger partial charge < -0.3 is 9.47 Å². The van der Waals surface area contributed by atoms with E-state index in [1.54, 1.807) is 31.2 Å². The monoisotopic (exact) mass is 414 g/mol. The molecule has 1 amide bonds. The molecule has 156 valence electrons. The summed E-state index contributed by atoms with van der Waals surface area (Å²) in [6.45, 7) is 3.99. The van der Waals surface area contributed by atoms with E-state index >= 15 is 0 Å². The maximum atomic E-state index is 12.6. The van der Waals surface area contributed by atoms with Crippen molar-refractivity contribution in [2.45, 2.75) is 20.1 Å². The van der Waals surface area contributed by atoms with E-state index < -0.39 is 33.4 Å². The number of hydrogen-bond donors (Lipinski definition) is 1. The molecule has 1 aliphatic heterocycles. The molecule has 1 heterocycles. The zero-order valence-corrected chi connectivity index (χ0v) is 16.1. The summed E-state index contributed by atoms with van der Waals surface area (Å²) in [5, 5.41) is 23.2. The first-order valence-corrected chi connectivity index (χ1v) is 8.94. The van der Waals surface area contributed by atoms with E-state index in [0.29, 0.717) is 23.7 Å². The van der Waals surface area contributed by atoms with Crippen LogP contribution in [-0.2, 0) is 9.53 Å². The van der Waals surface area contributed by atoms with Crippen LogP contribution < -0.4 is 10.2 Å². The number of anilines is 1. The largest absolute Gasteiger partial charge is 0.494 e. The molecule has 0 saturated heterocycles. The Morgan fingerprint density at radius 3 is 2.40 bits per heavy atom. The van der Waals surface area contributed by atoms with Crippen LogP contribution in [0.4, 0.5) is 17.1 Å². The predicted octanol–water partition coefficient (Wildman–Crippen LogP) is 3.47. The highest BCUT2D eigenvalue weighted by Gasteiger charge is 2.30. The van der Waals surface area contributed by atoms with E-state index in [0.717, 1.165) is 17.1 Å². The smallest absolute Gasteiger partial charge is 0.300 e.